The molecule has 66 valence electrons. The molecule has 13 heavy (non-hydrogen) atoms. The minimum atomic E-state index is -1.12. The van der Waals surface area contributed by atoms with E-state index in [0.717, 1.165) is 18.2 Å². The first kappa shape index (κ1) is 9.13. The number of nitrogens with zero attached hydrogens (tertiary/aromatic N) is 1. The fraction of sp³-hybridized carbons (Fsp3) is 0. The highest BCUT2D eigenvalue weighted by molar-refractivity contribution is 5.95. The Morgan fingerprint density at radius 2 is 2.08 bits per heavy atom. The number of halogens is 2. The third-order valence-electron chi connectivity index (χ3n) is 1.35. The largest absolute Gasteiger partial charge is 0.268 e. The lowest BCUT2D eigenvalue weighted by atomic mass is 10.2. The lowest BCUT2D eigenvalue weighted by Gasteiger charge is -1.97. The van der Waals surface area contributed by atoms with Gasteiger partial charge in [0.1, 0.15) is 0 Å². The third-order valence-corrected chi connectivity index (χ3v) is 1.35. The number of carbonyl (C=O) groups excluding carboxylic acids is 1. The molecule has 0 aliphatic carbocycles. The van der Waals surface area contributed by atoms with Crippen LogP contribution in [0.4, 0.5) is 8.78 Å². The second kappa shape index (κ2) is 3.63. The molecule has 1 aromatic carbocycles. The number of hydrogen-bond donors (Lipinski definition) is 1. The highest BCUT2D eigenvalue weighted by Gasteiger charge is 2.08. The summed E-state index contributed by atoms with van der Waals surface area (Å²) in [5, 5.41) is 9.86. The summed E-state index contributed by atoms with van der Waals surface area (Å²) in [6, 6.07) is 2.63. The number of amides is 1. The second-order valence-electron chi connectivity index (χ2n) is 2.19. The highest BCUT2D eigenvalue weighted by Crippen LogP contribution is 2.08. The summed E-state index contributed by atoms with van der Waals surface area (Å²) in [5.41, 5.74) is -0.0968. The summed E-state index contributed by atoms with van der Waals surface area (Å²) in [7, 11) is 0. The van der Waals surface area contributed by atoms with Crippen LogP contribution in [0.2, 0.25) is 0 Å². The minimum Gasteiger partial charge on any atom is -0.268 e. The van der Waals surface area contributed by atoms with E-state index < -0.39 is 17.5 Å². The number of benzene rings is 1. The van der Waals surface area contributed by atoms with Gasteiger partial charge in [-0.2, -0.15) is 5.26 Å². The molecule has 0 bridgehead atoms. The van der Waals surface area contributed by atoms with Crippen molar-refractivity contribution >= 4 is 5.91 Å². The van der Waals surface area contributed by atoms with E-state index in [-0.39, 0.29) is 5.56 Å². The van der Waals surface area contributed by atoms with Gasteiger partial charge in [-0.05, 0) is 18.2 Å². The molecule has 3 nitrogen and oxygen atoms in total. The molecular weight excluding hydrogens is 178 g/mol. The van der Waals surface area contributed by atoms with Crippen LogP contribution in [0.3, 0.4) is 0 Å². The number of nitrogens with one attached hydrogen (secondary N) is 1. The van der Waals surface area contributed by atoms with Crippen molar-refractivity contribution in [3.63, 3.8) is 0 Å². The zero-order valence-corrected chi connectivity index (χ0v) is 6.34. The van der Waals surface area contributed by atoms with Gasteiger partial charge in [-0.25, -0.2) is 8.78 Å². The first-order chi connectivity index (χ1) is 6.15. The Kier molecular flexibility index (Phi) is 2.55. The molecule has 0 radical (unpaired) electrons. The zero-order chi connectivity index (χ0) is 9.84. The minimum absolute atomic E-state index is 0.0968. The van der Waals surface area contributed by atoms with Gasteiger partial charge in [-0.1, -0.05) is 0 Å². The topological polar surface area (TPSA) is 52.9 Å². The first-order valence-electron chi connectivity index (χ1n) is 3.29. The number of carbonyl (C=O) groups is 1. The van der Waals surface area contributed by atoms with Gasteiger partial charge in [0, 0.05) is 5.56 Å². The van der Waals surface area contributed by atoms with Crippen LogP contribution in [-0.4, -0.2) is 5.91 Å². The fourth-order valence-corrected chi connectivity index (χ4v) is 0.760. The quantitative estimate of drug-likeness (QED) is 0.523. The van der Waals surface area contributed by atoms with E-state index in [4.69, 9.17) is 5.26 Å². The molecule has 0 heterocycles. The predicted octanol–water partition coefficient (Wildman–Crippen LogP) is 1.18. The van der Waals surface area contributed by atoms with Gasteiger partial charge in [-0.15, -0.1) is 0 Å². The Morgan fingerprint density at radius 1 is 1.38 bits per heavy atom. The van der Waals surface area contributed by atoms with Crippen molar-refractivity contribution in [2.24, 2.45) is 0 Å². The average Bonchev–Trinajstić information content (AvgIpc) is 2.10. The number of rotatable bonds is 1. The summed E-state index contributed by atoms with van der Waals surface area (Å²) in [6.07, 6.45) is 1.38. The number of nitriles is 1. The molecule has 1 N–H and O–H groups in total. The molecule has 0 aromatic heterocycles. The Hall–Kier alpha value is -1.96. The van der Waals surface area contributed by atoms with E-state index in [1.54, 1.807) is 5.32 Å². The maximum Gasteiger partial charge on any atom is 0.264 e. The number of hydrogen-bond acceptors (Lipinski definition) is 2. The van der Waals surface area contributed by atoms with Crippen molar-refractivity contribution in [3.05, 3.63) is 35.4 Å². The van der Waals surface area contributed by atoms with E-state index in [2.05, 4.69) is 0 Å². The lowest BCUT2D eigenvalue weighted by Crippen LogP contribution is -2.17. The van der Waals surface area contributed by atoms with Gasteiger partial charge in [0.2, 0.25) is 0 Å². The average molecular weight is 182 g/mol. The maximum absolute atomic E-state index is 12.5. The Labute approximate surface area is 72.6 Å². The van der Waals surface area contributed by atoms with E-state index in [1.807, 2.05) is 0 Å². The van der Waals surface area contributed by atoms with E-state index >= 15 is 0 Å². The van der Waals surface area contributed by atoms with Crippen LogP contribution >= 0.6 is 0 Å². The second-order valence-corrected chi connectivity index (χ2v) is 2.19. The van der Waals surface area contributed by atoms with Crippen molar-refractivity contribution in [3.8, 4) is 6.19 Å². The summed E-state index contributed by atoms with van der Waals surface area (Å²) < 4.78 is 24.9. The molecular formula is C8H4F2N2O. The molecule has 0 atom stereocenters. The highest BCUT2D eigenvalue weighted by atomic mass is 19.2. The van der Waals surface area contributed by atoms with Gasteiger partial charge in [0.05, 0.1) is 0 Å². The van der Waals surface area contributed by atoms with E-state index in [0.29, 0.717) is 0 Å². The summed E-state index contributed by atoms with van der Waals surface area (Å²) in [5.74, 6) is -2.92. The van der Waals surface area contributed by atoms with Gasteiger partial charge >= 0.3 is 0 Å². The van der Waals surface area contributed by atoms with Crippen LogP contribution in [0.25, 0.3) is 0 Å². The van der Waals surface area contributed by atoms with Crippen LogP contribution < -0.4 is 5.32 Å². The molecule has 0 fully saturated rings. The standard InChI is InChI=1S/C8H4F2N2O/c9-6-2-1-5(3-7(6)10)8(13)12-4-11/h1-3H,(H,12,13). The fourth-order valence-electron chi connectivity index (χ4n) is 0.760. The SMILES string of the molecule is N#CNC(=O)c1ccc(F)c(F)c1. The van der Waals surface area contributed by atoms with Crippen LogP contribution in [0.15, 0.2) is 18.2 Å². The monoisotopic (exact) mass is 182 g/mol. The third kappa shape index (κ3) is 1.99. The first-order valence-corrected chi connectivity index (χ1v) is 3.29. The van der Waals surface area contributed by atoms with Crippen molar-refractivity contribution in [2.75, 3.05) is 0 Å². The summed E-state index contributed by atoms with van der Waals surface area (Å²) in [6.45, 7) is 0. The molecule has 0 spiro atoms. The smallest absolute Gasteiger partial charge is 0.264 e. The Balaban J connectivity index is 2.98. The van der Waals surface area contributed by atoms with Crippen molar-refractivity contribution < 1.29 is 13.6 Å². The maximum atomic E-state index is 12.5. The molecule has 1 aromatic rings. The Bertz CT molecular complexity index is 384. The molecule has 0 aliphatic rings. The predicted molar refractivity (Wildman–Crippen MR) is 39.4 cm³/mol. The molecule has 0 unspecified atom stereocenters. The van der Waals surface area contributed by atoms with Gasteiger partial charge in [0.25, 0.3) is 5.91 Å². The van der Waals surface area contributed by atoms with Crippen molar-refractivity contribution in [1.82, 2.24) is 5.32 Å². The van der Waals surface area contributed by atoms with Crippen LogP contribution in [0.5, 0.6) is 0 Å². The van der Waals surface area contributed by atoms with Gasteiger partial charge in [-0.3, -0.25) is 10.1 Å². The van der Waals surface area contributed by atoms with Gasteiger partial charge < -0.3 is 0 Å². The lowest BCUT2D eigenvalue weighted by molar-refractivity contribution is 0.0972. The van der Waals surface area contributed by atoms with Crippen LogP contribution in [0, 0.1) is 23.1 Å². The van der Waals surface area contributed by atoms with Crippen molar-refractivity contribution in [2.45, 2.75) is 0 Å². The molecule has 1 amide bonds. The molecule has 1 rings (SSSR count). The van der Waals surface area contributed by atoms with Gasteiger partial charge in [0.15, 0.2) is 17.8 Å². The zero-order valence-electron chi connectivity index (χ0n) is 6.34. The normalized spacial score (nSPS) is 9.00. The summed E-state index contributed by atoms with van der Waals surface area (Å²) in [4.78, 5) is 10.9. The molecule has 0 saturated carbocycles. The Morgan fingerprint density at radius 3 is 2.62 bits per heavy atom. The van der Waals surface area contributed by atoms with Crippen LogP contribution in [0.1, 0.15) is 10.4 Å². The van der Waals surface area contributed by atoms with E-state index in [9.17, 15) is 13.6 Å². The van der Waals surface area contributed by atoms with E-state index in [1.165, 1.54) is 6.19 Å². The van der Waals surface area contributed by atoms with Crippen LogP contribution in [-0.2, 0) is 0 Å². The molecule has 5 heteroatoms. The summed E-state index contributed by atoms with van der Waals surface area (Å²) >= 11 is 0. The molecule has 0 aliphatic heterocycles. The van der Waals surface area contributed by atoms with Crippen molar-refractivity contribution in [1.29, 1.82) is 5.26 Å². The molecule has 0 saturated heterocycles.